The lowest BCUT2D eigenvalue weighted by atomic mass is 10.3. The molecule has 1 fully saturated rings. The summed E-state index contributed by atoms with van der Waals surface area (Å²) in [6, 6.07) is 17.3. The van der Waals surface area contributed by atoms with Crippen molar-refractivity contribution < 1.29 is 9.59 Å². The van der Waals surface area contributed by atoms with Gasteiger partial charge in [-0.3, -0.25) is 14.5 Å². The van der Waals surface area contributed by atoms with Gasteiger partial charge >= 0.3 is 0 Å². The largest absolute Gasteiger partial charge is 0.321 e. The fourth-order valence-corrected chi connectivity index (χ4v) is 5.84. The lowest BCUT2D eigenvalue weighted by Crippen LogP contribution is -2.22. The molecule has 7 heteroatoms. The molecular formula is C25H25N3O2S2. The van der Waals surface area contributed by atoms with Gasteiger partial charge < -0.3 is 5.32 Å². The van der Waals surface area contributed by atoms with Gasteiger partial charge in [0.15, 0.2) is 5.13 Å². The Morgan fingerprint density at radius 1 is 1.09 bits per heavy atom. The van der Waals surface area contributed by atoms with Crippen molar-refractivity contribution in [1.29, 1.82) is 0 Å². The average molecular weight is 464 g/mol. The van der Waals surface area contributed by atoms with Crippen LogP contribution in [0.2, 0.25) is 0 Å². The Balaban J connectivity index is 1.43. The van der Waals surface area contributed by atoms with Crippen LogP contribution >= 0.6 is 23.1 Å². The summed E-state index contributed by atoms with van der Waals surface area (Å²) in [7, 11) is 0. The zero-order chi connectivity index (χ0) is 22.3. The number of thiazole rings is 1. The highest BCUT2D eigenvalue weighted by molar-refractivity contribution is 8.00. The Morgan fingerprint density at radius 2 is 1.81 bits per heavy atom. The molecule has 1 heterocycles. The maximum Gasteiger partial charge on any atom is 0.248 e. The number of para-hydroxylation sites is 2. The van der Waals surface area contributed by atoms with E-state index in [-0.39, 0.29) is 11.8 Å². The number of thioether (sulfide) groups is 1. The summed E-state index contributed by atoms with van der Waals surface area (Å²) in [5, 5.41) is 6.03. The molecule has 1 aliphatic carbocycles. The van der Waals surface area contributed by atoms with E-state index in [9.17, 15) is 9.59 Å². The molecule has 2 amide bonds. The molecule has 5 nitrogen and oxygen atoms in total. The van der Waals surface area contributed by atoms with Gasteiger partial charge in [-0.25, -0.2) is 4.98 Å². The van der Waals surface area contributed by atoms with E-state index < -0.39 is 0 Å². The minimum Gasteiger partial charge on any atom is -0.321 e. The lowest BCUT2D eigenvalue weighted by Gasteiger charge is -2.17. The van der Waals surface area contributed by atoms with Gasteiger partial charge in [-0.2, -0.15) is 0 Å². The average Bonchev–Trinajstić information content (AvgIpc) is 3.47. The van der Waals surface area contributed by atoms with Gasteiger partial charge in [0.1, 0.15) is 0 Å². The highest BCUT2D eigenvalue weighted by Crippen LogP contribution is 2.38. The molecule has 0 radical (unpaired) electrons. The molecule has 0 aliphatic heterocycles. The van der Waals surface area contributed by atoms with Crippen LogP contribution in [0.15, 0.2) is 70.9 Å². The third kappa shape index (κ3) is 5.66. The number of carbonyl (C=O) groups excluding carboxylic acids is 2. The highest BCUT2D eigenvalue weighted by atomic mass is 32.2. The van der Waals surface area contributed by atoms with Crippen molar-refractivity contribution in [1.82, 2.24) is 4.98 Å². The van der Waals surface area contributed by atoms with E-state index in [0.29, 0.717) is 16.1 Å². The van der Waals surface area contributed by atoms with Crippen LogP contribution in [0.4, 0.5) is 16.5 Å². The Morgan fingerprint density at radius 3 is 2.56 bits per heavy atom. The normalized spacial score (nSPS) is 14.0. The maximum absolute atomic E-state index is 12.5. The van der Waals surface area contributed by atoms with Gasteiger partial charge in [0, 0.05) is 28.5 Å². The van der Waals surface area contributed by atoms with Gasteiger partial charge in [-0.05, 0) is 43.2 Å². The van der Waals surface area contributed by atoms with E-state index in [4.69, 9.17) is 0 Å². The number of nitrogens with one attached hydrogen (secondary N) is 1. The van der Waals surface area contributed by atoms with Crippen molar-refractivity contribution in [2.75, 3.05) is 10.2 Å². The molecule has 32 heavy (non-hydrogen) atoms. The number of hydrogen-bond donors (Lipinski definition) is 1. The zero-order valence-electron chi connectivity index (χ0n) is 17.9. The van der Waals surface area contributed by atoms with E-state index in [1.807, 2.05) is 65.7 Å². The summed E-state index contributed by atoms with van der Waals surface area (Å²) in [6.45, 7) is 1.51. The van der Waals surface area contributed by atoms with Crippen LogP contribution in [-0.4, -0.2) is 22.0 Å². The number of anilines is 3. The van der Waals surface area contributed by atoms with Crippen molar-refractivity contribution in [3.05, 3.63) is 71.7 Å². The molecule has 2 aromatic carbocycles. The molecule has 1 saturated carbocycles. The molecule has 0 unspecified atom stereocenters. The number of carbonyl (C=O) groups is 2. The first kappa shape index (κ1) is 22.3. The molecule has 1 N–H and O–H groups in total. The summed E-state index contributed by atoms with van der Waals surface area (Å²) in [5.41, 5.74) is 2.24. The van der Waals surface area contributed by atoms with Crippen molar-refractivity contribution in [3.63, 3.8) is 0 Å². The van der Waals surface area contributed by atoms with Gasteiger partial charge in [0.25, 0.3) is 0 Å². The number of hydrogen-bond acceptors (Lipinski definition) is 5. The molecule has 0 bridgehead atoms. The number of benzene rings is 2. The van der Waals surface area contributed by atoms with Gasteiger partial charge in [0.2, 0.25) is 11.8 Å². The van der Waals surface area contributed by atoms with Crippen molar-refractivity contribution in [3.8, 4) is 0 Å². The first-order valence-electron chi connectivity index (χ1n) is 10.7. The van der Waals surface area contributed by atoms with Crippen LogP contribution in [0.1, 0.15) is 38.3 Å². The fourth-order valence-electron chi connectivity index (χ4n) is 3.65. The Hall–Kier alpha value is -2.90. The smallest absolute Gasteiger partial charge is 0.248 e. The molecule has 0 atom stereocenters. The predicted molar refractivity (Wildman–Crippen MR) is 134 cm³/mol. The van der Waals surface area contributed by atoms with Crippen molar-refractivity contribution in [2.24, 2.45) is 0 Å². The lowest BCUT2D eigenvalue weighted by molar-refractivity contribution is -0.116. The second-order valence-electron chi connectivity index (χ2n) is 7.59. The quantitative estimate of drug-likeness (QED) is 0.406. The molecule has 164 valence electrons. The van der Waals surface area contributed by atoms with E-state index >= 15 is 0 Å². The Labute approximate surface area is 196 Å². The van der Waals surface area contributed by atoms with Gasteiger partial charge in [0.05, 0.1) is 17.1 Å². The summed E-state index contributed by atoms with van der Waals surface area (Å²) >= 11 is 3.22. The third-order valence-electron chi connectivity index (χ3n) is 5.18. The standard InChI is InChI=1S/C25H25N3O2S2/c1-18(29)28(20-9-3-2-4-10-20)25-26-19(17-31-25)15-16-24(30)27-22-13-7-8-14-23(22)32-21-11-5-6-12-21/h2-4,7-10,13-17,21H,5-6,11-12H2,1H3,(H,27,30)/b16-15+. The predicted octanol–water partition coefficient (Wildman–Crippen LogP) is 6.51. The molecule has 3 aromatic rings. The fraction of sp³-hybridized carbons (Fsp3) is 0.240. The summed E-state index contributed by atoms with van der Waals surface area (Å²) in [6.07, 6.45) is 8.20. The highest BCUT2D eigenvalue weighted by Gasteiger charge is 2.19. The first-order chi connectivity index (χ1) is 15.6. The minimum atomic E-state index is -0.203. The maximum atomic E-state index is 12.5. The summed E-state index contributed by atoms with van der Waals surface area (Å²) < 4.78 is 0. The minimum absolute atomic E-state index is 0.116. The molecule has 4 rings (SSSR count). The second kappa shape index (κ2) is 10.6. The SMILES string of the molecule is CC(=O)N(c1ccccc1)c1nc(/C=C/C(=O)Nc2ccccc2SC2CCCC2)cs1. The van der Waals surface area contributed by atoms with Crippen molar-refractivity contribution >= 4 is 57.5 Å². The monoisotopic (exact) mass is 463 g/mol. The topological polar surface area (TPSA) is 62.3 Å². The van der Waals surface area contributed by atoms with E-state index in [0.717, 1.165) is 16.3 Å². The number of amides is 2. The zero-order valence-corrected chi connectivity index (χ0v) is 19.5. The molecule has 0 saturated heterocycles. The van der Waals surface area contributed by atoms with Gasteiger partial charge in [-0.1, -0.05) is 43.2 Å². The van der Waals surface area contributed by atoms with Crippen LogP contribution < -0.4 is 10.2 Å². The van der Waals surface area contributed by atoms with Crippen LogP contribution in [-0.2, 0) is 9.59 Å². The number of rotatable bonds is 7. The van der Waals surface area contributed by atoms with Crippen LogP contribution in [0.25, 0.3) is 6.08 Å². The van der Waals surface area contributed by atoms with E-state index in [2.05, 4.69) is 16.4 Å². The Bertz CT molecular complexity index is 1110. The molecule has 1 aliphatic rings. The van der Waals surface area contributed by atoms with Gasteiger partial charge in [-0.15, -0.1) is 23.1 Å². The first-order valence-corrected chi connectivity index (χ1v) is 12.4. The third-order valence-corrected chi connectivity index (χ3v) is 7.44. The number of aromatic nitrogens is 1. The van der Waals surface area contributed by atoms with Crippen LogP contribution in [0.3, 0.4) is 0 Å². The molecule has 1 aromatic heterocycles. The van der Waals surface area contributed by atoms with Crippen molar-refractivity contribution in [2.45, 2.75) is 42.8 Å². The number of nitrogens with zero attached hydrogens (tertiary/aromatic N) is 2. The second-order valence-corrected chi connectivity index (χ2v) is 9.77. The van der Waals surface area contributed by atoms with E-state index in [1.54, 1.807) is 11.0 Å². The summed E-state index contributed by atoms with van der Waals surface area (Å²) in [4.78, 5) is 31.9. The van der Waals surface area contributed by atoms with Crippen LogP contribution in [0, 0.1) is 0 Å². The summed E-state index contributed by atoms with van der Waals surface area (Å²) in [5.74, 6) is -0.319. The van der Waals surface area contributed by atoms with Crippen LogP contribution in [0.5, 0.6) is 0 Å². The molecular weight excluding hydrogens is 438 g/mol. The Kier molecular flexibility index (Phi) is 7.39. The van der Waals surface area contributed by atoms with E-state index in [1.165, 1.54) is 50.0 Å². The molecule has 0 spiro atoms.